The minimum absolute atomic E-state index is 0.573. The highest BCUT2D eigenvalue weighted by atomic mass is 16.5. The van der Waals surface area contributed by atoms with Crippen LogP contribution in [-0.4, -0.2) is 26.9 Å². The van der Waals surface area contributed by atoms with Crippen LogP contribution in [0.15, 0.2) is 18.2 Å². The summed E-state index contributed by atoms with van der Waals surface area (Å²) in [7, 11) is 1.94. The van der Waals surface area contributed by atoms with Gasteiger partial charge < -0.3 is 14.8 Å². The number of benzene rings is 1. The first kappa shape index (κ1) is 15.0. The molecule has 0 atom stereocenters. The van der Waals surface area contributed by atoms with Gasteiger partial charge in [0.05, 0.1) is 6.61 Å². The molecule has 0 aliphatic carbocycles. The summed E-state index contributed by atoms with van der Waals surface area (Å²) in [5, 5.41) is 3.16. The van der Waals surface area contributed by atoms with E-state index in [-0.39, 0.29) is 0 Å². The van der Waals surface area contributed by atoms with Crippen LogP contribution in [0.4, 0.5) is 0 Å². The zero-order chi connectivity index (χ0) is 13.4. The molecule has 3 nitrogen and oxygen atoms in total. The van der Waals surface area contributed by atoms with Crippen molar-refractivity contribution in [1.82, 2.24) is 5.32 Å². The van der Waals surface area contributed by atoms with Gasteiger partial charge in [-0.3, -0.25) is 0 Å². The average Bonchev–Trinajstić information content (AvgIpc) is 2.32. The van der Waals surface area contributed by atoms with Crippen molar-refractivity contribution < 1.29 is 9.47 Å². The molecule has 0 radical (unpaired) electrons. The van der Waals surface area contributed by atoms with E-state index < -0.39 is 0 Å². The molecular formula is C15H25NO2. The van der Waals surface area contributed by atoms with Crippen molar-refractivity contribution in [2.24, 2.45) is 5.92 Å². The number of ether oxygens (including phenoxy) is 2. The Bertz CT molecular complexity index is 350. The first-order valence-corrected chi connectivity index (χ1v) is 6.58. The first-order chi connectivity index (χ1) is 8.65. The minimum Gasteiger partial charge on any atom is -0.491 e. The quantitative estimate of drug-likeness (QED) is 0.721. The highest BCUT2D eigenvalue weighted by Crippen LogP contribution is 2.23. The molecule has 0 fully saturated rings. The van der Waals surface area contributed by atoms with E-state index in [0.717, 1.165) is 18.9 Å². The molecule has 1 aromatic rings. The highest BCUT2D eigenvalue weighted by Gasteiger charge is 2.06. The van der Waals surface area contributed by atoms with Crippen LogP contribution in [-0.2, 0) is 11.3 Å². The van der Waals surface area contributed by atoms with Gasteiger partial charge in [0.2, 0.25) is 0 Å². The summed E-state index contributed by atoms with van der Waals surface area (Å²) in [6.45, 7) is 9.23. The van der Waals surface area contributed by atoms with Crippen LogP contribution in [0.1, 0.15) is 25.0 Å². The van der Waals surface area contributed by atoms with Crippen molar-refractivity contribution in [2.45, 2.75) is 27.3 Å². The summed E-state index contributed by atoms with van der Waals surface area (Å²) in [5.41, 5.74) is 2.37. The van der Waals surface area contributed by atoms with Gasteiger partial charge in [0.15, 0.2) is 0 Å². The van der Waals surface area contributed by atoms with Gasteiger partial charge in [-0.25, -0.2) is 0 Å². The molecule has 0 unspecified atom stereocenters. The molecule has 0 bridgehead atoms. The average molecular weight is 251 g/mol. The number of rotatable bonds is 8. The van der Waals surface area contributed by atoms with Crippen molar-refractivity contribution in [3.8, 4) is 5.75 Å². The Morgan fingerprint density at radius 1 is 1.22 bits per heavy atom. The Morgan fingerprint density at radius 3 is 2.67 bits per heavy atom. The molecule has 0 saturated carbocycles. The summed E-state index contributed by atoms with van der Waals surface area (Å²) in [4.78, 5) is 0. The van der Waals surface area contributed by atoms with Crippen molar-refractivity contribution in [3.63, 3.8) is 0 Å². The van der Waals surface area contributed by atoms with E-state index in [1.54, 1.807) is 0 Å². The molecule has 0 aliphatic heterocycles. The third kappa shape index (κ3) is 5.07. The van der Waals surface area contributed by atoms with E-state index in [2.05, 4.69) is 44.3 Å². The van der Waals surface area contributed by atoms with Crippen molar-refractivity contribution in [1.29, 1.82) is 0 Å². The molecule has 3 heteroatoms. The fraction of sp³-hybridized carbons (Fsp3) is 0.600. The second-order valence-corrected chi connectivity index (χ2v) is 4.91. The Kier molecular flexibility index (Phi) is 6.76. The van der Waals surface area contributed by atoms with Gasteiger partial charge >= 0.3 is 0 Å². The zero-order valence-corrected chi connectivity index (χ0v) is 12.0. The molecule has 1 aromatic carbocycles. The number of para-hydroxylation sites is 1. The van der Waals surface area contributed by atoms with Crippen molar-refractivity contribution in [3.05, 3.63) is 29.3 Å². The van der Waals surface area contributed by atoms with Crippen molar-refractivity contribution >= 4 is 0 Å². The van der Waals surface area contributed by atoms with E-state index in [1.807, 2.05) is 7.05 Å². The molecule has 0 aliphatic rings. The molecule has 0 spiro atoms. The fourth-order valence-electron chi connectivity index (χ4n) is 1.77. The van der Waals surface area contributed by atoms with Gasteiger partial charge in [0.1, 0.15) is 12.4 Å². The van der Waals surface area contributed by atoms with Crippen LogP contribution < -0.4 is 10.1 Å². The minimum atomic E-state index is 0.573. The SMILES string of the molecule is CNCc1cccc(C)c1OCCOCC(C)C. The van der Waals surface area contributed by atoms with Gasteiger partial charge in [-0.2, -0.15) is 0 Å². The molecule has 18 heavy (non-hydrogen) atoms. The van der Waals surface area contributed by atoms with Gasteiger partial charge in [0, 0.05) is 18.7 Å². The third-order valence-corrected chi connectivity index (χ3v) is 2.59. The zero-order valence-electron chi connectivity index (χ0n) is 12.0. The van der Waals surface area contributed by atoms with Crippen LogP contribution in [0.5, 0.6) is 5.75 Å². The number of hydrogen-bond donors (Lipinski definition) is 1. The summed E-state index contributed by atoms with van der Waals surface area (Å²) >= 11 is 0. The fourth-order valence-corrected chi connectivity index (χ4v) is 1.77. The topological polar surface area (TPSA) is 30.5 Å². The lowest BCUT2D eigenvalue weighted by Gasteiger charge is -2.14. The molecule has 1 N–H and O–H groups in total. The summed E-state index contributed by atoms with van der Waals surface area (Å²) in [6.07, 6.45) is 0. The van der Waals surface area contributed by atoms with Gasteiger partial charge in [0.25, 0.3) is 0 Å². The number of nitrogens with one attached hydrogen (secondary N) is 1. The van der Waals surface area contributed by atoms with Gasteiger partial charge in [-0.05, 0) is 25.5 Å². The predicted octanol–water partition coefficient (Wildman–Crippen LogP) is 2.77. The predicted molar refractivity (Wildman–Crippen MR) is 75.1 cm³/mol. The maximum absolute atomic E-state index is 5.84. The monoisotopic (exact) mass is 251 g/mol. The van der Waals surface area contributed by atoms with E-state index in [9.17, 15) is 0 Å². The Labute approximate surface area is 110 Å². The van der Waals surface area contributed by atoms with E-state index in [0.29, 0.717) is 19.1 Å². The first-order valence-electron chi connectivity index (χ1n) is 6.58. The maximum atomic E-state index is 5.84. The van der Waals surface area contributed by atoms with Crippen LogP contribution in [0.2, 0.25) is 0 Å². The van der Waals surface area contributed by atoms with Crippen LogP contribution in [0.3, 0.4) is 0 Å². The standard InChI is InChI=1S/C15H25NO2/c1-12(2)11-17-8-9-18-15-13(3)6-5-7-14(15)10-16-4/h5-7,12,16H,8-11H2,1-4H3. The normalized spacial score (nSPS) is 10.9. The second kappa shape index (κ2) is 8.11. The second-order valence-electron chi connectivity index (χ2n) is 4.91. The van der Waals surface area contributed by atoms with E-state index >= 15 is 0 Å². The number of hydrogen-bond acceptors (Lipinski definition) is 3. The molecule has 102 valence electrons. The highest BCUT2D eigenvalue weighted by molar-refractivity contribution is 5.40. The summed E-state index contributed by atoms with van der Waals surface area (Å²) in [6, 6.07) is 6.22. The largest absolute Gasteiger partial charge is 0.491 e. The lowest BCUT2D eigenvalue weighted by Crippen LogP contribution is -2.13. The molecule has 0 amide bonds. The maximum Gasteiger partial charge on any atom is 0.126 e. The summed E-state index contributed by atoms with van der Waals surface area (Å²) < 4.78 is 11.4. The molecule has 0 aromatic heterocycles. The lowest BCUT2D eigenvalue weighted by atomic mass is 10.1. The van der Waals surface area contributed by atoms with Gasteiger partial charge in [-0.15, -0.1) is 0 Å². The lowest BCUT2D eigenvalue weighted by molar-refractivity contribution is 0.0814. The van der Waals surface area contributed by atoms with Gasteiger partial charge in [-0.1, -0.05) is 32.0 Å². The van der Waals surface area contributed by atoms with E-state index in [4.69, 9.17) is 9.47 Å². The number of aryl methyl sites for hydroxylation is 1. The third-order valence-electron chi connectivity index (χ3n) is 2.59. The van der Waals surface area contributed by atoms with E-state index in [1.165, 1.54) is 11.1 Å². The van der Waals surface area contributed by atoms with Crippen LogP contribution in [0, 0.1) is 12.8 Å². The molecular weight excluding hydrogens is 226 g/mol. The molecule has 0 heterocycles. The Morgan fingerprint density at radius 2 is 2.00 bits per heavy atom. The molecule has 1 rings (SSSR count). The van der Waals surface area contributed by atoms with Crippen LogP contribution >= 0.6 is 0 Å². The summed E-state index contributed by atoms with van der Waals surface area (Å²) in [5.74, 6) is 1.56. The molecule has 0 saturated heterocycles. The smallest absolute Gasteiger partial charge is 0.126 e. The Hall–Kier alpha value is -1.06. The van der Waals surface area contributed by atoms with Crippen LogP contribution in [0.25, 0.3) is 0 Å². The van der Waals surface area contributed by atoms with Crippen molar-refractivity contribution in [2.75, 3.05) is 26.9 Å². The Balaban J connectivity index is 2.45.